The molecule has 2 aromatic carbocycles. The minimum absolute atomic E-state index is 0.123. The number of rotatable bonds is 9. The molecule has 0 saturated heterocycles. The molecule has 0 saturated carbocycles. The standard InChI is InChI=1S/C19H22N4O5/c1-3-21(4-2)13-15-8-6-5-7-14(15)12-20-19(24)16-9-17(22(25)26)11-18(10-16)23(27)28/h5-11H,3-4,12-13H2,1-2H3,(H,20,24). The Kier molecular flexibility index (Phi) is 7.16. The van der Waals surface area contributed by atoms with Gasteiger partial charge >= 0.3 is 0 Å². The molecule has 0 fully saturated rings. The fourth-order valence-electron chi connectivity index (χ4n) is 2.79. The molecule has 1 amide bonds. The third-order valence-electron chi connectivity index (χ3n) is 4.43. The van der Waals surface area contributed by atoms with Crippen molar-refractivity contribution in [2.75, 3.05) is 13.1 Å². The Bertz CT molecular complexity index is 848. The second kappa shape index (κ2) is 9.56. The molecule has 2 aromatic rings. The topological polar surface area (TPSA) is 119 Å². The summed E-state index contributed by atoms with van der Waals surface area (Å²) in [5.41, 5.74) is 0.865. The van der Waals surface area contributed by atoms with E-state index in [4.69, 9.17) is 0 Å². The van der Waals surface area contributed by atoms with E-state index in [1.54, 1.807) is 0 Å². The van der Waals surface area contributed by atoms with Gasteiger partial charge in [0, 0.05) is 25.2 Å². The summed E-state index contributed by atoms with van der Waals surface area (Å²) in [6, 6.07) is 10.6. The van der Waals surface area contributed by atoms with Crippen LogP contribution in [0.1, 0.15) is 35.3 Å². The summed E-state index contributed by atoms with van der Waals surface area (Å²) in [7, 11) is 0. The van der Waals surface area contributed by atoms with Crippen LogP contribution in [-0.4, -0.2) is 33.7 Å². The van der Waals surface area contributed by atoms with Crippen molar-refractivity contribution in [1.82, 2.24) is 10.2 Å². The van der Waals surface area contributed by atoms with Crippen molar-refractivity contribution in [2.45, 2.75) is 26.9 Å². The molecule has 148 valence electrons. The first kappa shape index (κ1) is 21.0. The van der Waals surface area contributed by atoms with Crippen molar-refractivity contribution in [2.24, 2.45) is 0 Å². The number of carbonyl (C=O) groups excluding carboxylic acids is 1. The first-order chi connectivity index (χ1) is 13.3. The largest absolute Gasteiger partial charge is 0.348 e. The highest BCUT2D eigenvalue weighted by Gasteiger charge is 2.20. The minimum Gasteiger partial charge on any atom is -0.348 e. The van der Waals surface area contributed by atoms with E-state index in [0.29, 0.717) is 0 Å². The molecule has 0 aromatic heterocycles. The maximum atomic E-state index is 12.4. The zero-order valence-electron chi connectivity index (χ0n) is 15.8. The molecular weight excluding hydrogens is 364 g/mol. The zero-order valence-corrected chi connectivity index (χ0v) is 15.8. The van der Waals surface area contributed by atoms with Gasteiger partial charge in [-0.25, -0.2) is 0 Å². The number of benzene rings is 2. The van der Waals surface area contributed by atoms with Crippen LogP contribution in [0.2, 0.25) is 0 Å². The van der Waals surface area contributed by atoms with E-state index in [-0.39, 0.29) is 12.1 Å². The highest BCUT2D eigenvalue weighted by Crippen LogP contribution is 2.23. The molecule has 0 radical (unpaired) electrons. The lowest BCUT2D eigenvalue weighted by Crippen LogP contribution is -2.26. The molecule has 0 aliphatic rings. The second-order valence-corrected chi connectivity index (χ2v) is 6.17. The average Bonchev–Trinajstić information content (AvgIpc) is 2.70. The fourth-order valence-corrected chi connectivity index (χ4v) is 2.79. The Morgan fingerprint density at radius 1 is 0.964 bits per heavy atom. The maximum Gasteiger partial charge on any atom is 0.277 e. The molecule has 0 aliphatic heterocycles. The third-order valence-corrected chi connectivity index (χ3v) is 4.43. The molecule has 0 atom stereocenters. The quantitative estimate of drug-likeness (QED) is 0.522. The van der Waals surface area contributed by atoms with Gasteiger partial charge in [-0.1, -0.05) is 38.1 Å². The van der Waals surface area contributed by atoms with Crippen molar-refractivity contribution >= 4 is 17.3 Å². The molecule has 0 bridgehead atoms. The van der Waals surface area contributed by atoms with Crippen molar-refractivity contribution in [3.8, 4) is 0 Å². The zero-order chi connectivity index (χ0) is 20.7. The average molecular weight is 386 g/mol. The number of non-ortho nitro benzene ring substituents is 2. The van der Waals surface area contributed by atoms with Gasteiger partial charge in [-0.05, 0) is 24.2 Å². The normalized spacial score (nSPS) is 10.7. The number of hydrogen-bond donors (Lipinski definition) is 1. The van der Waals surface area contributed by atoms with E-state index in [1.165, 1.54) is 0 Å². The summed E-state index contributed by atoms with van der Waals surface area (Å²) in [6.07, 6.45) is 0. The van der Waals surface area contributed by atoms with Gasteiger partial charge in [-0.15, -0.1) is 0 Å². The molecule has 2 rings (SSSR count). The van der Waals surface area contributed by atoms with Crippen LogP contribution >= 0.6 is 0 Å². The lowest BCUT2D eigenvalue weighted by atomic mass is 10.1. The number of nitrogens with one attached hydrogen (secondary N) is 1. The lowest BCUT2D eigenvalue weighted by Gasteiger charge is -2.20. The van der Waals surface area contributed by atoms with Crippen molar-refractivity contribution in [3.05, 3.63) is 79.4 Å². The van der Waals surface area contributed by atoms with Gasteiger partial charge in [-0.2, -0.15) is 0 Å². The molecule has 28 heavy (non-hydrogen) atoms. The fraction of sp³-hybridized carbons (Fsp3) is 0.316. The van der Waals surface area contributed by atoms with Gasteiger partial charge in [0.25, 0.3) is 17.3 Å². The summed E-state index contributed by atoms with van der Waals surface area (Å²) in [6.45, 7) is 6.89. The van der Waals surface area contributed by atoms with Crippen LogP contribution in [0.4, 0.5) is 11.4 Å². The van der Waals surface area contributed by atoms with Crippen LogP contribution in [0, 0.1) is 20.2 Å². The second-order valence-electron chi connectivity index (χ2n) is 6.17. The molecule has 0 spiro atoms. The van der Waals surface area contributed by atoms with E-state index in [9.17, 15) is 25.0 Å². The highest BCUT2D eigenvalue weighted by atomic mass is 16.6. The first-order valence-electron chi connectivity index (χ1n) is 8.86. The summed E-state index contributed by atoms with van der Waals surface area (Å²) >= 11 is 0. The molecule has 1 N–H and O–H groups in total. The molecule has 9 heteroatoms. The maximum absolute atomic E-state index is 12.4. The third kappa shape index (κ3) is 5.34. The molecule has 9 nitrogen and oxygen atoms in total. The van der Waals surface area contributed by atoms with Gasteiger partial charge < -0.3 is 5.32 Å². The lowest BCUT2D eigenvalue weighted by molar-refractivity contribution is -0.394. The molecule has 0 aliphatic carbocycles. The van der Waals surface area contributed by atoms with Crippen molar-refractivity contribution in [1.29, 1.82) is 0 Å². The van der Waals surface area contributed by atoms with E-state index in [0.717, 1.165) is 49.0 Å². The highest BCUT2D eigenvalue weighted by molar-refractivity contribution is 5.95. The Morgan fingerprint density at radius 2 is 1.50 bits per heavy atom. The van der Waals surface area contributed by atoms with Crippen LogP contribution in [0.25, 0.3) is 0 Å². The monoisotopic (exact) mass is 386 g/mol. The number of hydrogen-bond acceptors (Lipinski definition) is 6. The van der Waals surface area contributed by atoms with E-state index in [2.05, 4.69) is 24.1 Å². The van der Waals surface area contributed by atoms with Gasteiger partial charge in [0.15, 0.2) is 0 Å². The number of carbonyl (C=O) groups is 1. The predicted octanol–water partition coefficient (Wildman–Crippen LogP) is 3.27. The summed E-state index contributed by atoms with van der Waals surface area (Å²) in [5.74, 6) is -0.607. The Morgan fingerprint density at radius 3 is 2.00 bits per heavy atom. The first-order valence-corrected chi connectivity index (χ1v) is 8.86. The smallest absolute Gasteiger partial charge is 0.277 e. The number of amides is 1. The van der Waals surface area contributed by atoms with E-state index in [1.807, 2.05) is 24.3 Å². The Hall–Kier alpha value is -3.33. The summed E-state index contributed by atoms with van der Waals surface area (Å²) in [4.78, 5) is 35.1. The molecule has 0 unspecified atom stereocenters. The van der Waals surface area contributed by atoms with Crippen LogP contribution in [0.5, 0.6) is 0 Å². The van der Waals surface area contributed by atoms with Crippen molar-refractivity contribution < 1.29 is 14.6 Å². The predicted molar refractivity (Wildman–Crippen MR) is 104 cm³/mol. The van der Waals surface area contributed by atoms with E-state index < -0.39 is 27.1 Å². The number of nitrogens with zero attached hydrogens (tertiary/aromatic N) is 3. The number of nitro groups is 2. The molecular formula is C19H22N4O5. The van der Waals surface area contributed by atoms with Crippen LogP contribution in [0.3, 0.4) is 0 Å². The van der Waals surface area contributed by atoms with Crippen molar-refractivity contribution in [3.63, 3.8) is 0 Å². The SMILES string of the molecule is CCN(CC)Cc1ccccc1CNC(=O)c1cc([N+](=O)[O-])cc([N+](=O)[O-])c1. The van der Waals surface area contributed by atoms with Crippen LogP contribution in [-0.2, 0) is 13.1 Å². The molecule has 0 heterocycles. The Balaban J connectivity index is 2.19. The summed E-state index contributed by atoms with van der Waals surface area (Å²) in [5, 5.41) is 24.7. The summed E-state index contributed by atoms with van der Waals surface area (Å²) < 4.78 is 0. The number of nitro benzene ring substituents is 2. The van der Waals surface area contributed by atoms with Crippen LogP contribution in [0.15, 0.2) is 42.5 Å². The van der Waals surface area contributed by atoms with E-state index >= 15 is 0 Å². The minimum atomic E-state index is -0.761. The van der Waals surface area contributed by atoms with Gasteiger partial charge in [0.2, 0.25) is 0 Å². The van der Waals surface area contributed by atoms with Gasteiger partial charge in [0.05, 0.1) is 21.5 Å². The van der Waals surface area contributed by atoms with Gasteiger partial charge in [0.1, 0.15) is 0 Å². The van der Waals surface area contributed by atoms with Crippen LogP contribution < -0.4 is 5.32 Å². The van der Waals surface area contributed by atoms with Gasteiger partial charge in [-0.3, -0.25) is 29.9 Å². The Labute approximate surface area is 162 Å².